The molecule has 6 rings (SSSR count). The third-order valence-electron chi connectivity index (χ3n) is 9.08. The zero-order chi connectivity index (χ0) is 36.8. The third-order valence-corrected chi connectivity index (χ3v) is 11.5. The molecule has 270 valence electrons. The fraction of sp³-hybridized carbons (Fsp3) is 0.231. The van der Waals surface area contributed by atoms with E-state index in [2.05, 4.69) is 10.3 Å². The average Bonchev–Trinajstić information content (AvgIpc) is 3.16. The van der Waals surface area contributed by atoms with Crippen molar-refractivity contribution < 1.29 is 27.1 Å². The quantitative estimate of drug-likeness (QED) is 0.136. The van der Waals surface area contributed by atoms with Gasteiger partial charge in [0.05, 0.1) is 25.5 Å². The topological polar surface area (TPSA) is 101 Å². The second-order valence-corrected chi connectivity index (χ2v) is 15.1. The highest BCUT2D eigenvalue weighted by Gasteiger charge is 2.34. The van der Waals surface area contributed by atoms with Crippen molar-refractivity contribution in [3.8, 4) is 11.5 Å². The number of anilines is 2. The van der Waals surface area contributed by atoms with Gasteiger partial charge in [-0.25, -0.2) is 17.8 Å². The minimum absolute atomic E-state index is 0.00000603. The van der Waals surface area contributed by atoms with Crippen LogP contribution in [0.1, 0.15) is 45.8 Å². The fourth-order valence-electron chi connectivity index (χ4n) is 6.15. The summed E-state index contributed by atoms with van der Waals surface area (Å²) in [6.45, 7) is 0.882. The number of carbonyl (C=O) groups excluding carboxylic acids is 1. The Hall–Kier alpha value is -4.68. The van der Waals surface area contributed by atoms with Crippen LogP contribution < -0.4 is 14.8 Å². The predicted octanol–water partition coefficient (Wildman–Crippen LogP) is 8.70. The van der Waals surface area contributed by atoms with E-state index >= 15 is 0 Å². The lowest BCUT2D eigenvalue weighted by molar-refractivity contribution is 0.0713. The summed E-state index contributed by atoms with van der Waals surface area (Å²) < 4.78 is 54.6. The van der Waals surface area contributed by atoms with E-state index in [0.717, 1.165) is 5.56 Å². The van der Waals surface area contributed by atoms with Crippen LogP contribution in [0.15, 0.2) is 108 Å². The number of ether oxygens (including phenoxy) is 2. The molecule has 0 spiro atoms. The van der Waals surface area contributed by atoms with Crippen molar-refractivity contribution in [2.45, 2.75) is 36.9 Å². The van der Waals surface area contributed by atoms with Crippen LogP contribution in [0.25, 0.3) is 0 Å². The molecule has 0 aliphatic carbocycles. The smallest absolute Gasteiger partial charge is 0.262 e. The average molecular weight is 764 g/mol. The van der Waals surface area contributed by atoms with Gasteiger partial charge in [0.15, 0.2) is 5.03 Å². The minimum Gasteiger partial charge on any atom is -0.497 e. The zero-order valence-corrected chi connectivity index (χ0v) is 30.9. The number of carbonyl (C=O) groups is 1. The van der Waals surface area contributed by atoms with Crippen molar-refractivity contribution in [1.82, 2.24) is 14.2 Å². The Morgan fingerprint density at radius 2 is 1.38 bits per heavy atom. The summed E-state index contributed by atoms with van der Waals surface area (Å²) in [7, 11) is -1.26. The molecule has 1 fully saturated rings. The molecule has 2 heterocycles. The van der Waals surface area contributed by atoms with E-state index in [4.69, 9.17) is 32.7 Å². The van der Waals surface area contributed by atoms with Gasteiger partial charge in [-0.05, 0) is 96.1 Å². The molecular weight excluding hydrogens is 726 g/mol. The molecule has 0 atom stereocenters. The predicted molar refractivity (Wildman–Crippen MR) is 201 cm³/mol. The van der Waals surface area contributed by atoms with Gasteiger partial charge >= 0.3 is 0 Å². The number of sulfonamides is 1. The van der Waals surface area contributed by atoms with Crippen molar-refractivity contribution in [2.24, 2.45) is 0 Å². The first-order valence-corrected chi connectivity index (χ1v) is 18.8. The van der Waals surface area contributed by atoms with Crippen molar-refractivity contribution in [2.75, 3.05) is 32.6 Å². The largest absolute Gasteiger partial charge is 0.497 e. The minimum atomic E-state index is -4.37. The lowest BCUT2D eigenvalue weighted by Crippen LogP contribution is -2.38. The van der Waals surface area contributed by atoms with Crippen LogP contribution in [-0.4, -0.2) is 55.8 Å². The number of pyridine rings is 1. The van der Waals surface area contributed by atoms with Crippen LogP contribution in [-0.2, 0) is 23.1 Å². The molecule has 1 amide bonds. The second-order valence-electron chi connectivity index (χ2n) is 12.4. The van der Waals surface area contributed by atoms with Crippen LogP contribution >= 0.6 is 23.2 Å². The molecule has 1 saturated heterocycles. The van der Waals surface area contributed by atoms with E-state index in [-0.39, 0.29) is 47.0 Å². The molecule has 0 bridgehead atoms. The van der Waals surface area contributed by atoms with E-state index < -0.39 is 15.0 Å². The number of rotatable bonds is 12. The summed E-state index contributed by atoms with van der Waals surface area (Å²) in [5.41, 5.74) is 3.21. The Balaban J connectivity index is 1.35. The Bertz CT molecular complexity index is 2060. The number of benzene rings is 4. The summed E-state index contributed by atoms with van der Waals surface area (Å²) in [6, 6.07) is 27.4. The molecule has 1 aliphatic rings. The lowest BCUT2D eigenvalue weighted by Gasteiger charge is -2.33. The molecule has 1 N–H and O–H groups in total. The van der Waals surface area contributed by atoms with E-state index in [1.165, 1.54) is 22.6 Å². The Labute approximate surface area is 313 Å². The van der Waals surface area contributed by atoms with Gasteiger partial charge in [-0.1, -0.05) is 59.6 Å². The third kappa shape index (κ3) is 8.50. The van der Waals surface area contributed by atoms with Gasteiger partial charge < -0.3 is 19.7 Å². The van der Waals surface area contributed by atoms with E-state index in [1.54, 1.807) is 104 Å². The summed E-state index contributed by atoms with van der Waals surface area (Å²) >= 11 is 13.2. The van der Waals surface area contributed by atoms with E-state index in [1.807, 2.05) is 0 Å². The highest BCUT2D eigenvalue weighted by Crippen LogP contribution is 2.37. The SMILES string of the molecule is COc1ccc(CN(Cc2ccc(OC)cc2)S(=O)(=O)c2ncc(C(=O)N3CCC(c4ccc(F)cc4)CC3)c(Nc3ccc(Cl)cc3)c2Cl)cc1. The van der Waals surface area contributed by atoms with Gasteiger partial charge in [0, 0.05) is 43.1 Å². The van der Waals surface area contributed by atoms with Gasteiger partial charge in [0.2, 0.25) is 0 Å². The van der Waals surface area contributed by atoms with Crippen LogP contribution in [0.4, 0.5) is 15.8 Å². The Kier molecular flexibility index (Phi) is 11.6. The first kappa shape index (κ1) is 37.1. The summed E-state index contributed by atoms with van der Waals surface area (Å²) in [5, 5.41) is 3.05. The van der Waals surface area contributed by atoms with Gasteiger partial charge in [-0.3, -0.25) is 4.79 Å². The Morgan fingerprint density at radius 1 is 0.846 bits per heavy atom. The molecule has 0 saturated carbocycles. The number of nitrogens with zero attached hydrogens (tertiary/aromatic N) is 3. The van der Waals surface area contributed by atoms with Crippen LogP contribution in [0.5, 0.6) is 11.5 Å². The van der Waals surface area contributed by atoms with Crippen LogP contribution in [0.2, 0.25) is 10.0 Å². The number of likely N-dealkylation sites (tertiary alicyclic amines) is 1. The van der Waals surface area contributed by atoms with Crippen molar-refractivity contribution in [3.63, 3.8) is 0 Å². The molecule has 1 aliphatic heterocycles. The monoisotopic (exact) mass is 762 g/mol. The number of aromatic nitrogens is 1. The van der Waals surface area contributed by atoms with Crippen molar-refractivity contribution in [1.29, 1.82) is 0 Å². The molecule has 52 heavy (non-hydrogen) atoms. The summed E-state index contributed by atoms with van der Waals surface area (Å²) in [6.07, 6.45) is 2.62. The molecule has 4 aromatic carbocycles. The molecular formula is C39H37Cl2FN4O5S. The molecule has 1 aromatic heterocycles. The normalized spacial score (nSPS) is 13.6. The van der Waals surface area contributed by atoms with Gasteiger partial charge in [-0.15, -0.1) is 0 Å². The second kappa shape index (κ2) is 16.3. The number of nitrogens with one attached hydrogen (secondary N) is 1. The first-order chi connectivity index (χ1) is 25.0. The maximum atomic E-state index is 14.6. The van der Waals surface area contributed by atoms with Gasteiger partial charge in [0.1, 0.15) is 22.3 Å². The standard InChI is InChI=1S/C39H37Cl2FN4O5S/c1-50-33-15-3-26(4-16-33)24-46(25-27-5-17-34(51-2)18-6-27)52(48,49)38-36(41)37(44-32-13-9-30(40)10-14-32)35(23-43-38)39(47)45-21-19-29(20-22-45)28-7-11-31(42)12-8-28/h3-18,23,29H,19-22,24-25H2,1-2H3,(H,43,44). The molecule has 9 nitrogen and oxygen atoms in total. The Morgan fingerprint density at radius 3 is 1.90 bits per heavy atom. The van der Waals surface area contributed by atoms with Gasteiger partial charge in [-0.2, -0.15) is 4.31 Å². The van der Waals surface area contributed by atoms with E-state index in [0.29, 0.717) is 59.3 Å². The van der Waals surface area contributed by atoms with Gasteiger partial charge in [0.25, 0.3) is 15.9 Å². The number of halogens is 3. The molecule has 0 radical (unpaired) electrons. The molecule has 13 heteroatoms. The number of hydrogen-bond donors (Lipinski definition) is 1. The maximum Gasteiger partial charge on any atom is 0.262 e. The zero-order valence-electron chi connectivity index (χ0n) is 28.6. The lowest BCUT2D eigenvalue weighted by atomic mass is 9.89. The number of methoxy groups -OCH3 is 2. The highest BCUT2D eigenvalue weighted by atomic mass is 35.5. The van der Waals surface area contributed by atoms with E-state index in [9.17, 15) is 17.6 Å². The van der Waals surface area contributed by atoms with Crippen molar-refractivity contribution in [3.05, 3.63) is 141 Å². The maximum absolute atomic E-state index is 14.6. The fourth-order valence-corrected chi connectivity index (χ4v) is 8.16. The summed E-state index contributed by atoms with van der Waals surface area (Å²) in [5.74, 6) is 0.803. The number of piperidine rings is 1. The van der Waals surface area contributed by atoms with Crippen LogP contribution in [0.3, 0.4) is 0 Å². The molecule has 0 unspecified atom stereocenters. The van der Waals surface area contributed by atoms with Crippen LogP contribution in [0, 0.1) is 5.82 Å². The molecule has 5 aromatic rings. The number of hydrogen-bond acceptors (Lipinski definition) is 7. The van der Waals surface area contributed by atoms with Crippen molar-refractivity contribution >= 4 is 50.5 Å². The number of amides is 1. The summed E-state index contributed by atoms with van der Waals surface area (Å²) in [4.78, 5) is 20.2. The highest BCUT2D eigenvalue weighted by molar-refractivity contribution is 7.89. The first-order valence-electron chi connectivity index (χ1n) is 16.6.